The molecule has 1 aromatic rings. The van der Waals surface area contributed by atoms with E-state index >= 15 is 0 Å². The van der Waals surface area contributed by atoms with Crippen molar-refractivity contribution in [3.8, 4) is 0 Å². The van der Waals surface area contributed by atoms with Gasteiger partial charge in [0.1, 0.15) is 5.82 Å². The fourth-order valence-corrected chi connectivity index (χ4v) is 1.93. The third-order valence-corrected chi connectivity index (χ3v) is 2.60. The predicted octanol–water partition coefficient (Wildman–Crippen LogP) is 0.866. The Morgan fingerprint density at radius 3 is 2.79 bits per heavy atom. The van der Waals surface area contributed by atoms with Gasteiger partial charge < -0.3 is 11.1 Å². The highest BCUT2D eigenvalue weighted by molar-refractivity contribution is 5.44. The number of rotatable bonds is 0. The molecule has 0 atom stereocenters. The Labute approximate surface area is 84.5 Å². The van der Waals surface area contributed by atoms with Crippen molar-refractivity contribution >= 4 is 5.82 Å². The third-order valence-electron chi connectivity index (χ3n) is 2.60. The van der Waals surface area contributed by atoms with Gasteiger partial charge in [0.15, 0.2) is 0 Å². The van der Waals surface area contributed by atoms with Crippen molar-refractivity contribution in [1.29, 1.82) is 0 Å². The van der Waals surface area contributed by atoms with Gasteiger partial charge in [-0.25, -0.2) is 0 Å². The lowest BCUT2D eigenvalue weighted by atomic mass is 10.1. The van der Waals surface area contributed by atoms with Crippen LogP contribution in [0.5, 0.6) is 0 Å². The summed E-state index contributed by atoms with van der Waals surface area (Å²) in [7, 11) is 0. The van der Waals surface area contributed by atoms with Gasteiger partial charge in [-0.2, -0.15) is 5.10 Å². The average molecular weight is 194 g/mol. The molecular weight excluding hydrogens is 176 g/mol. The van der Waals surface area contributed by atoms with Crippen LogP contribution in [0.1, 0.15) is 32.0 Å². The van der Waals surface area contributed by atoms with Gasteiger partial charge in [0.05, 0.1) is 5.54 Å². The smallest absolute Gasteiger partial charge is 0.150 e. The number of nitrogens with two attached hydrogens (primary N) is 1. The lowest BCUT2D eigenvalue weighted by molar-refractivity contribution is 0.340. The highest BCUT2D eigenvalue weighted by Crippen LogP contribution is 2.25. The van der Waals surface area contributed by atoms with Crippen LogP contribution in [0.3, 0.4) is 0 Å². The molecule has 0 saturated carbocycles. The van der Waals surface area contributed by atoms with Crippen LogP contribution in [0.4, 0.5) is 5.82 Å². The average Bonchev–Trinajstić information content (AvgIpc) is 2.44. The van der Waals surface area contributed by atoms with E-state index in [-0.39, 0.29) is 5.54 Å². The van der Waals surface area contributed by atoms with Gasteiger partial charge in [0.25, 0.3) is 0 Å². The van der Waals surface area contributed by atoms with Crippen LogP contribution in [0, 0.1) is 0 Å². The largest absolute Gasteiger partial charge is 0.382 e. The van der Waals surface area contributed by atoms with Gasteiger partial charge in [0, 0.05) is 30.8 Å². The van der Waals surface area contributed by atoms with E-state index in [0.29, 0.717) is 5.82 Å². The summed E-state index contributed by atoms with van der Waals surface area (Å²) in [5.41, 5.74) is 8.40. The molecule has 0 amide bonds. The minimum absolute atomic E-state index is 0.0268. The molecule has 0 aliphatic carbocycles. The Bertz CT molecular complexity index is 346. The van der Waals surface area contributed by atoms with Crippen molar-refractivity contribution in [3.63, 3.8) is 0 Å². The molecule has 0 saturated heterocycles. The number of hydrogen-bond acceptors (Lipinski definition) is 3. The van der Waals surface area contributed by atoms with Crippen molar-refractivity contribution in [2.24, 2.45) is 0 Å². The Kier molecular flexibility index (Phi) is 2.03. The second kappa shape index (κ2) is 2.98. The van der Waals surface area contributed by atoms with Crippen LogP contribution in [0.25, 0.3) is 0 Å². The molecule has 4 nitrogen and oxygen atoms in total. The van der Waals surface area contributed by atoms with Crippen molar-refractivity contribution in [3.05, 3.63) is 11.3 Å². The number of fused-ring (bicyclic) bond motifs is 1. The Hall–Kier alpha value is -1.03. The van der Waals surface area contributed by atoms with Crippen LogP contribution in [0.2, 0.25) is 0 Å². The van der Waals surface area contributed by atoms with Gasteiger partial charge in [-0.1, -0.05) is 0 Å². The van der Waals surface area contributed by atoms with Crippen LogP contribution in [-0.2, 0) is 18.5 Å². The molecule has 0 fully saturated rings. The van der Waals surface area contributed by atoms with Crippen LogP contribution in [-0.4, -0.2) is 16.3 Å². The molecule has 2 heterocycles. The molecule has 0 radical (unpaired) electrons. The predicted molar refractivity (Wildman–Crippen MR) is 57.0 cm³/mol. The summed E-state index contributed by atoms with van der Waals surface area (Å²) < 4.78 is 2.07. The first-order valence-electron chi connectivity index (χ1n) is 5.07. The molecular formula is C10H18N4. The molecule has 14 heavy (non-hydrogen) atoms. The Morgan fingerprint density at radius 2 is 2.14 bits per heavy atom. The van der Waals surface area contributed by atoms with E-state index in [4.69, 9.17) is 5.73 Å². The maximum atomic E-state index is 5.89. The minimum atomic E-state index is 0.0268. The summed E-state index contributed by atoms with van der Waals surface area (Å²) in [5, 5.41) is 7.73. The fourth-order valence-electron chi connectivity index (χ4n) is 1.93. The van der Waals surface area contributed by atoms with E-state index in [1.54, 1.807) is 0 Å². The molecule has 1 aliphatic heterocycles. The normalized spacial score (nSPS) is 16.8. The highest BCUT2D eigenvalue weighted by atomic mass is 15.3. The molecule has 1 aliphatic rings. The molecule has 78 valence electrons. The topological polar surface area (TPSA) is 55.9 Å². The summed E-state index contributed by atoms with van der Waals surface area (Å²) in [6.45, 7) is 8.34. The lowest BCUT2D eigenvalue weighted by Crippen LogP contribution is -2.30. The summed E-state index contributed by atoms with van der Waals surface area (Å²) in [6, 6.07) is 0. The van der Waals surface area contributed by atoms with Gasteiger partial charge >= 0.3 is 0 Å². The van der Waals surface area contributed by atoms with Gasteiger partial charge in [-0.15, -0.1) is 0 Å². The van der Waals surface area contributed by atoms with Gasteiger partial charge in [-0.05, 0) is 20.8 Å². The van der Waals surface area contributed by atoms with Gasteiger partial charge in [0.2, 0.25) is 0 Å². The lowest BCUT2D eigenvalue weighted by Gasteiger charge is -2.24. The molecule has 0 unspecified atom stereocenters. The minimum Gasteiger partial charge on any atom is -0.382 e. The van der Waals surface area contributed by atoms with Crippen molar-refractivity contribution in [2.75, 3.05) is 12.3 Å². The number of nitrogens with one attached hydrogen (secondary N) is 1. The monoisotopic (exact) mass is 194 g/mol. The zero-order chi connectivity index (χ0) is 10.3. The first-order valence-corrected chi connectivity index (χ1v) is 5.07. The summed E-state index contributed by atoms with van der Waals surface area (Å²) >= 11 is 0. The summed E-state index contributed by atoms with van der Waals surface area (Å²) in [5.74, 6) is 0.683. The maximum absolute atomic E-state index is 5.89. The number of nitrogens with zero attached hydrogens (tertiary/aromatic N) is 2. The second-order valence-electron chi connectivity index (χ2n) is 4.82. The van der Waals surface area contributed by atoms with Crippen molar-refractivity contribution in [1.82, 2.24) is 15.1 Å². The molecule has 3 N–H and O–H groups in total. The third kappa shape index (κ3) is 1.39. The van der Waals surface area contributed by atoms with Crippen molar-refractivity contribution < 1.29 is 0 Å². The zero-order valence-corrected chi connectivity index (χ0v) is 9.09. The number of aromatic nitrogens is 2. The molecule has 4 heteroatoms. The Morgan fingerprint density at radius 1 is 1.43 bits per heavy atom. The van der Waals surface area contributed by atoms with E-state index < -0.39 is 0 Å². The first kappa shape index (κ1) is 9.52. The SMILES string of the molecule is CC(C)(C)n1nc(N)c2c1CCNC2. The van der Waals surface area contributed by atoms with E-state index in [9.17, 15) is 0 Å². The molecule has 0 spiro atoms. The van der Waals surface area contributed by atoms with E-state index in [0.717, 1.165) is 19.5 Å². The highest BCUT2D eigenvalue weighted by Gasteiger charge is 2.24. The molecule has 0 bridgehead atoms. The number of hydrogen-bond donors (Lipinski definition) is 2. The molecule has 0 aromatic carbocycles. The van der Waals surface area contributed by atoms with Crippen LogP contribution >= 0.6 is 0 Å². The van der Waals surface area contributed by atoms with Gasteiger partial charge in [-0.3, -0.25) is 4.68 Å². The number of nitrogen functional groups attached to an aromatic ring is 1. The molecule has 1 aromatic heterocycles. The first-order chi connectivity index (χ1) is 6.50. The number of anilines is 1. The van der Waals surface area contributed by atoms with E-state index in [2.05, 4.69) is 35.9 Å². The quantitative estimate of drug-likeness (QED) is 0.644. The standard InChI is InChI=1S/C10H18N4/c1-10(2,3)14-8-4-5-12-6-7(8)9(11)13-14/h12H,4-6H2,1-3H3,(H2,11,13). The zero-order valence-electron chi connectivity index (χ0n) is 9.09. The maximum Gasteiger partial charge on any atom is 0.150 e. The van der Waals surface area contributed by atoms with Crippen LogP contribution < -0.4 is 11.1 Å². The van der Waals surface area contributed by atoms with E-state index in [1.165, 1.54) is 11.3 Å². The summed E-state index contributed by atoms with van der Waals surface area (Å²) in [6.07, 6.45) is 1.02. The fraction of sp³-hybridized carbons (Fsp3) is 0.700. The Balaban J connectivity index is 2.52. The van der Waals surface area contributed by atoms with Crippen molar-refractivity contribution in [2.45, 2.75) is 39.3 Å². The second-order valence-corrected chi connectivity index (χ2v) is 4.82. The van der Waals surface area contributed by atoms with E-state index in [1.807, 2.05) is 0 Å². The molecule has 2 rings (SSSR count). The van der Waals surface area contributed by atoms with Crippen LogP contribution in [0.15, 0.2) is 0 Å². The summed E-state index contributed by atoms with van der Waals surface area (Å²) in [4.78, 5) is 0.